The summed E-state index contributed by atoms with van der Waals surface area (Å²) >= 11 is 0. The lowest BCUT2D eigenvalue weighted by molar-refractivity contribution is -0.150. The van der Waals surface area contributed by atoms with E-state index in [9.17, 15) is 19.8 Å². The third-order valence-corrected chi connectivity index (χ3v) is 18.4. The number of nitrogens with zero attached hydrogens (tertiary/aromatic N) is 3. The van der Waals surface area contributed by atoms with Crippen LogP contribution in [0.2, 0.25) is 18.6 Å². The molecule has 67 heavy (non-hydrogen) atoms. The zero-order valence-electron chi connectivity index (χ0n) is 39.3. The molecule has 1 fully saturated rings. The first-order valence-electron chi connectivity index (χ1n) is 23.6. The van der Waals surface area contributed by atoms with Gasteiger partial charge in [-0.25, -0.2) is 0 Å². The van der Waals surface area contributed by atoms with Gasteiger partial charge in [0, 0.05) is 36.9 Å². The lowest BCUT2D eigenvalue weighted by Crippen LogP contribution is -2.52. The number of hydrogen-bond donors (Lipinski definition) is 3. The molecule has 0 aromatic heterocycles. The maximum absolute atomic E-state index is 15.7. The van der Waals surface area contributed by atoms with Crippen LogP contribution < -0.4 is 29.8 Å². The number of benzene rings is 5. The van der Waals surface area contributed by atoms with Crippen LogP contribution >= 0.6 is 0 Å². The molecule has 0 saturated carbocycles. The second-order valence-electron chi connectivity index (χ2n) is 18.5. The number of carbonyl (C=O) groups excluding carboxylic acids is 3. The van der Waals surface area contributed by atoms with Crippen LogP contribution in [0.3, 0.4) is 0 Å². The Bertz CT molecular complexity index is 2540. The number of aliphatic hydroxyl groups is 2. The number of nitrogens with one attached hydrogen (secondary N) is 1. The Labute approximate surface area is 395 Å². The van der Waals surface area contributed by atoms with Crippen molar-refractivity contribution in [3.05, 3.63) is 144 Å². The number of fused-ring (bicyclic) bond motifs is 3. The van der Waals surface area contributed by atoms with Crippen molar-refractivity contribution >= 4 is 48.0 Å². The molecular formula is C54H64N4O8Si. The molecule has 3 aliphatic heterocycles. The Hall–Kier alpha value is -5.83. The average molecular weight is 925 g/mol. The minimum atomic E-state index is -2.57. The summed E-state index contributed by atoms with van der Waals surface area (Å²) < 4.78 is 18.7. The quantitative estimate of drug-likeness (QED) is 0.0579. The van der Waals surface area contributed by atoms with Gasteiger partial charge in [-0.3, -0.25) is 19.3 Å². The average Bonchev–Trinajstić information content (AvgIpc) is 3.76. The lowest BCUT2D eigenvalue weighted by atomic mass is 9.82. The summed E-state index contributed by atoms with van der Waals surface area (Å²) in [7, 11) is -0.916. The maximum Gasteiger partial charge on any atom is 0.264 e. The smallest absolute Gasteiger partial charge is 0.264 e. The number of hydrogen-bond acceptors (Lipinski definition) is 9. The van der Waals surface area contributed by atoms with Crippen molar-refractivity contribution in [3.63, 3.8) is 0 Å². The van der Waals surface area contributed by atoms with Crippen LogP contribution in [0.1, 0.15) is 55.4 Å². The first-order valence-corrected chi connectivity index (χ1v) is 26.7. The Morgan fingerprint density at radius 3 is 2.33 bits per heavy atom. The molecule has 5 aromatic carbocycles. The van der Waals surface area contributed by atoms with E-state index in [1.165, 1.54) is 0 Å². The van der Waals surface area contributed by atoms with E-state index in [-0.39, 0.29) is 61.9 Å². The minimum absolute atomic E-state index is 0.0440. The molecular weight excluding hydrogens is 861 g/mol. The van der Waals surface area contributed by atoms with Gasteiger partial charge in [0.05, 0.1) is 64.9 Å². The second-order valence-corrected chi connectivity index (χ2v) is 23.2. The summed E-state index contributed by atoms with van der Waals surface area (Å²) in [6, 6.07) is 38.9. The van der Waals surface area contributed by atoms with Crippen LogP contribution in [-0.4, -0.2) is 93.1 Å². The fourth-order valence-corrected chi connectivity index (χ4v) is 14.9. The van der Waals surface area contributed by atoms with E-state index in [1.54, 1.807) is 16.9 Å². The van der Waals surface area contributed by atoms with E-state index in [1.807, 2.05) is 121 Å². The zero-order chi connectivity index (χ0) is 47.3. The number of ether oxygens (including phenoxy) is 3. The summed E-state index contributed by atoms with van der Waals surface area (Å²) in [5.41, 5.74) is 4.22. The Morgan fingerprint density at radius 1 is 0.866 bits per heavy atom. The van der Waals surface area contributed by atoms with Gasteiger partial charge in [-0.1, -0.05) is 98.0 Å². The fourth-order valence-electron chi connectivity index (χ4n) is 10.8. The SMILES string of the molecule is CCOc1ccc2c(c1)CC(NCCCCO)C(=O)N2c1cccc(CN2C(=O)[C@@]3(O[C@@H](CC(=O)N(CCO)Cc4ccccc4)[C@H]([Si](C)(C)c4ccc(OC)cc4)[C@H]3C)c3ccccc32)c1. The van der Waals surface area contributed by atoms with Crippen LogP contribution in [0, 0.1) is 5.92 Å². The topological polar surface area (TPSA) is 141 Å². The van der Waals surface area contributed by atoms with Crippen molar-refractivity contribution in [1.82, 2.24) is 10.2 Å². The first-order chi connectivity index (χ1) is 32.4. The molecule has 0 aliphatic carbocycles. The highest BCUT2D eigenvalue weighted by atomic mass is 28.3. The third kappa shape index (κ3) is 9.40. The fraction of sp³-hybridized carbons (Fsp3) is 0.389. The van der Waals surface area contributed by atoms with Gasteiger partial charge < -0.3 is 39.5 Å². The van der Waals surface area contributed by atoms with Crippen molar-refractivity contribution in [3.8, 4) is 11.5 Å². The molecule has 1 spiro atoms. The van der Waals surface area contributed by atoms with E-state index in [0.29, 0.717) is 38.2 Å². The van der Waals surface area contributed by atoms with Crippen molar-refractivity contribution in [2.45, 2.75) is 89.0 Å². The lowest BCUT2D eigenvalue weighted by Gasteiger charge is -2.37. The number of anilines is 3. The van der Waals surface area contributed by atoms with Crippen LogP contribution in [-0.2, 0) is 44.2 Å². The predicted molar refractivity (Wildman–Crippen MR) is 264 cm³/mol. The molecule has 1 saturated heterocycles. The third-order valence-electron chi connectivity index (χ3n) is 14.1. The molecule has 1 unspecified atom stereocenters. The van der Waals surface area contributed by atoms with Gasteiger partial charge in [0.25, 0.3) is 5.91 Å². The van der Waals surface area contributed by atoms with E-state index in [0.717, 1.165) is 56.7 Å². The van der Waals surface area contributed by atoms with Gasteiger partial charge in [-0.2, -0.15) is 0 Å². The number of unbranched alkanes of at least 4 members (excludes halogenated alkanes) is 1. The van der Waals surface area contributed by atoms with Crippen LogP contribution in [0.25, 0.3) is 0 Å². The second kappa shape index (κ2) is 20.6. The van der Waals surface area contributed by atoms with Crippen LogP contribution in [0.15, 0.2) is 121 Å². The number of amides is 3. The summed E-state index contributed by atoms with van der Waals surface area (Å²) in [6.45, 7) is 10.4. The summed E-state index contributed by atoms with van der Waals surface area (Å²) in [6.07, 6.45) is 1.33. The Kier molecular flexibility index (Phi) is 14.6. The van der Waals surface area contributed by atoms with Gasteiger partial charge in [0.1, 0.15) is 11.5 Å². The molecule has 0 bridgehead atoms. The first kappa shape index (κ1) is 47.7. The van der Waals surface area contributed by atoms with Crippen LogP contribution in [0.4, 0.5) is 17.1 Å². The highest BCUT2D eigenvalue weighted by Gasteiger charge is 2.66. The number of rotatable bonds is 19. The molecule has 5 aromatic rings. The highest BCUT2D eigenvalue weighted by Crippen LogP contribution is 2.60. The number of methoxy groups -OCH3 is 1. The Morgan fingerprint density at radius 2 is 1.60 bits per heavy atom. The largest absolute Gasteiger partial charge is 0.497 e. The van der Waals surface area contributed by atoms with Crippen molar-refractivity contribution < 1.29 is 38.8 Å². The van der Waals surface area contributed by atoms with Gasteiger partial charge in [0.15, 0.2) is 5.60 Å². The molecule has 3 amide bonds. The standard InChI is InChI=1S/C54H64N4O8Si/c1-6-65-43-23-26-47-40(32-43)33-46(55-27-12-13-29-59)52(62)58(47)41-18-14-17-39(31-41)36-57-48-20-11-10-19-45(48)54(53(57)63)37(2)51(67(4,5)44-24-21-42(64-3)22-25-44)49(66-54)34-50(61)56(28-30-60)35-38-15-8-7-9-16-38/h7-11,14-26,31-32,37,46,49,51,55,59-60H,6,12-13,27-30,33-36H2,1-5H3/t37-,46?,49+,51-,54+/m1/s1. The zero-order valence-corrected chi connectivity index (χ0v) is 40.3. The maximum atomic E-state index is 15.7. The molecule has 8 rings (SSSR count). The van der Waals surface area contributed by atoms with Gasteiger partial charge in [-0.15, -0.1) is 0 Å². The summed E-state index contributed by atoms with van der Waals surface area (Å²) in [4.78, 5) is 49.9. The van der Waals surface area contributed by atoms with Gasteiger partial charge in [-0.05, 0) is 103 Å². The molecule has 0 radical (unpaired) electrons. The van der Waals surface area contributed by atoms with Gasteiger partial charge in [0.2, 0.25) is 11.8 Å². The van der Waals surface area contributed by atoms with Gasteiger partial charge >= 0.3 is 0 Å². The predicted octanol–water partition coefficient (Wildman–Crippen LogP) is 7.22. The van der Waals surface area contributed by atoms with E-state index in [4.69, 9.17) is 14.2 Å². The van der Waals surface area contributed by atoms with E-state index >= 15 is 4.79 Å². The summed E-state index contributed by atoms with van der Waals surface area (Å²) in [5, 5.41) is 24.1. The van der Waals surface area contributed by atoms with Crippen molar-refractivity contribution in [1.29, 1.82) is 0 Å². The molecule has 3 aliphatic rings. The van der Waals surface area contributed by atoms with Crippen LogP contribution in [0.5, 0.6) is 11.5 Å². The summed E-state index contributed by atoms with van der Waals surface area (Å²) in [5.74, 6) is 0.759. The number of carbonyl (C=O) groups is 3. The molecule has 3 N–H and O–H groups in total. The molecule has 12 nitrogen and oxygen atoms in total. The molecule has 13 heteroatoms. The minimum Gasteiger partial charge on any atom is -0.497 e. The molecule has 352 valence electrons. The number of aliphatic hydroxyl groups excluding tert-OH is 2. The molecule has 3 heterocycles. The normalized spacial score (nSPS) is 21.1. The van der Waals surface area contributed by atoms with E-state index < -0.39 is 25.8 Å². The molecule has 5 atom stereocenters. The van der Waals surface area contributed by atoms with Crippen molar-refractivity contribution in [2.24, 2.45) is 5.92 Å². The van der Waals surface area contributed by atoms with Crippen molar-refractivity contribution in [2.75, 3.05) is 49.8 Å². The monoisotopic (exact) mass is 924 g/mol. The Balaban J connectivity index is 1.14. The number of para-hydroxylation sites is 1. The van der Waals surface area contributed by atoms with E-state index in [2.05, 4.69) is 37.5 Å². The highest BCUT2D eigenvalue weighted by molar-refractivity contribution is 6.91.